The minimum Gasteiger partial charge on any atom is -0.480 e. The lowest BCUT2D eigenvalue weighted by molar-refractivity contribution is -0.147. The summed E-state index contributed by atoms with van der Waals surface area (Å²) in [5, 5.41) is 8.94. The number of carboxylic acid groups (broad SMARTS) is 1. The van der Waals surface area contributed by atoms with Crippen molar-refractivity contribution in [1.82, 2.24) is 9.80 Å². The molecule has 0 spiro atoms. The van der Waals surface area contributed by atoms with Crippen LogP contribution in [0.2, 0.25) is 0 Å². The van der Waals surface area contributed by atoms with Crippen molar-refractivity contribution in [3.8, 4) is 0 Å². The van der Waals surface area contributed by atoms with Crippen molar-refractivity contribution in [2.75, 3.05) is 26.7 Å². The Labute approximate surface area is 145 Å². The molecule has 1 saturated heterocycles. The molecule has 1 amide bonds. The van der Waals surface area contributed by atoms with E-state index < -0.39 is 5.97 Å². The lowest BCUT2D eigenvalue weighted by Crippen LogP contribution is -2.42. The average molecular weight is 340 g/mol. The first-order valence-corrected chi connectivity index (χ1v) is 9.37. The zero-order chi connectivity index (χ0) is 17.5. The summed E-state index contributed by atoms with van der Waals surface area (Å²) in [4.78, 5) is 27.5. The zero-order valence-corrected chi connectivity index (χ0v) is 15.1. The monoisotopic (exact) mass is 340 g/mol. The van der Waals surface area contributed by atoms with Crippen molar-refractivity contribution in [3.63, 3.8) is 0 Å². The minimum absolute atomic E-state index is 0.0565. The van der Waals surface area contributed by atoms with Crippen LogP contribution < -0.4 is 0 Å². The van der Waals surface area contributed by atoms with Crippen LogP contribution in [0.4, 0.5) is 0 Å². The van der Waals surface area contributed by atoms with Crippen LogP contribution in [0.5, 0.6) is 0 Å². The Bertz CT molecular complexity index is 423. The van der Waals surface area contributed by atoms with Crippen molar-refractivity contribution in [2.45, 2.75) is 76.5 Å². The summed E-state index contributed by atoms with van der Waals surface area (Å²) < 4.78 is 6.06. The first-order valence-electron chi connectivity index (χ1n) is 9.37. The molecule has 1 saturated carbocycles. The topological polar surface area (TPSA) is 70.1 Å². The molecule has 0 aromatic carbocycles. The molecule has 2 fully saturated rings. The van der Waals surface area contributed by atoms with Gasteiger partial charge >= 0.3 is 5.97 Å². The van der Waals surface area contributed by atoms with E-state index in [1.165, 1.54) is 12.8 Å². The number of amides is 1. The summed E-state index contributed by atoms with van der Waals surface area (Å²) in [6.45, 7) is 3.51. The number of carbonyl (C=O) groups excluding carboxylic acids is 1. The number of rotatable bonds is 7. The standard InChI is InChI=1S/C18H32N2O4/c1-3-16(24-15-8-4-5-9-15)18(23)20-11-6-7-14(10-12-20)19(2)13-17(21)22/h14-16H,3-13H2,1-2H3,(H,21,22). The quantitative estimate of drug-likeness (QED) is 0.769. The van der Waals surface area contributed by atoms with Crippen LogP contribution in [0.25, 0.3) is 0 Å². The molecule has 1 N–H and O–H groups in total. The fourth-order valence-electron chi connectivity index (χ4n) is 3.87. The fourth-order valence-corrected chi connectivity index (χ4v) is 3.87. The Morgan fingerprint density at radius 1 is 1.17 bits per heavy atom. The average Bonchev–Trinajstić information content (AvgIpc) is 2.92. The van der Waals surface area contributed by atoms with Gasteiger partial charge in [-0.15, -0.1) is 0 Å². The van der Waals surface area contributed by atoms with Crippen molar-refractivity contribution >= 4 is 11.9 Å². The van der Waals surface area contributed by atoms with E-state index in [0.717, 1.165) is 38.6 Å². The molecule has 0 bridgehead atoms. The lowest BCUT2D eigenvalue weighted by atomic mass is 10.1. The van der Waals surface area contributed by atoms with Crippen LogP contribution >= 0.6 is 0 Å². The summed E-state index contributed by atoms with van der Waals surface area (Å²) in [6.07, 6.45) is 7.89. The van der Waals surface area contributed by atoms with E-state index in [4.69, 9.17) is 9.84 Å². The van der Waals surface area contributed by atoms with E-state index in [1.54, 1.807) is 0 Å². The zero-order valence-electron chi connectivity index (χ0n) is 15.1. The second kappa shape index (κ2) is 9.37. The highest BCUT2D eigenvalue weighted by atomic mass is 16.5. The summed E-state index contributed by atoms with van der Waals surface area (Å²) in [5.41, 5.74) is 0. The van der Waals surface area contributed by atoms with Crippen LogP contribution in [0.15, 0.2) is 0 Å². The summed E-state index contributed by atoms with van der Waals surface area (Å²) in [5.74, 6) is -0.684. The van der Waals surface area contributed by atoms with E-state index in [1.807, 2.05) is 23.8 Å². The molecule has 2 unspecified atom stereocenters. The number of aliphatic carboxylic acids is 1. The molecule has 0 aromatic rings. The molecule has 138 valence electrons. The highest BCUT2D eigenvalue weighted by Gasteiger charge is 2.30. The first-order chi connectivity index (χ1) is 11.5. The van der Waals surface area contributed by atoms with E-state index >= 15 is 0 Å². The van der Waals surface area contributed by atoms with Gasteiger partial charge in [0.25, 0.3) is 5.91 Å². The summed E-state index contributed by atoms with van der Waals surface area (Å²) in [7, 11) is 1.86. The van der Waals surface area contributed by atoms with Crippen LogP contribution in [0.3, 0.4) is 0 Å². The van der Waals surface area contributed by atoms with Crippen molar-refractivity contribution < 1.29 is 19.4 Å². The molecular weight excluding hydrogens is 308 g/mol. The Balaban J connectivity index is 1.86. The van der Waals surface area contributed by atoms with Gasteiger partial charge < -0.3 is 14.7 Å². The highest BCUT2D eigenvalue weighted by molar-refractivity contribution is 5.81. The molecule has 6 nitrogen and oxygen atoms in total. The molecule has 2 atom stereocenters. The number of hydrogen-bond acceptors (Lipinski definition) is 4. The Kier molecular flexibility index (Phi) is 7.49. The molecule has 24 heavy (non-hydrogen) atoms. The third-order valence-electron chi connectivity index (χ3n) is 5.32. The number of nitrogens with zero attached hydrogens (tertiary/aromatic N) is 2. The molecule has 1 aliphatic carbocycles. The number of likely N-dealkylation sites (tertiary alicyclic amines) is 1. The highest BCUT2D eigenvalue weighted by Crippen LogP contribution is 2.24. The van der Waals surface area contributed by atoms with E-state index in [9.17, 15) is 9.59 Å². The van der Waals surface area contributed by atoms with Gasteiger partial charge in [0.05, 0.1) is 12.6 Å². The Morgan fingerprint density at radius 3 is 2.50 bits per heavy atom. The van der Waals surface area contributed by atoms with Gasteiger partial charge in [-0.3, -0.25) is 14.5 Å². The SMILES string of the molecule is CCC(OC1CCCC1)C(=O)N1CCCC(N(C)CC(=O)O)CC1. The predicted molar refractivity (Wildman–Crippen MR) is 91.9 cm³/mol. The van der Waals surface area contributed by atoms with E-state index in [0.29, 0.717) is 13.0 Å². The third kappa shape index (κ3) is 5.45. The van der Waals surface area contributed by atoms with Crippen LogP contribution in [-0.2, 0) is 14.3 Å². The maximum atomic E-state index is 12.8. The molecule has 2 rings (SSSR count). The first kappa shape index (κ1) is 19.2. The van der Waals surface area contributed by atoms with Gasteiger partial charge in [0.2, 0.25) is 0 Å². The largest absolute Gasteiger partial charge is 0.480 e. The fraction of sp³-hybridized carbons (Fsp3) is 0.889. The molecule has 2 aliphatic rings. The van der Waals surface area contributed by atoms with E-state index in [2.05, 4.69) is 0 Å². The predicted octanol–water partition coefficient (Wildman–Crippen LogP) is 2.12. The van der Waals surface area contributed by atoms with Gasteiger partial charge in [0.1, 0.15) is 6.10 Å². The third-order valence-corrected chi connectivity index (χ3v) is 5.32. The summed E-state index contributed by atoms with van der Waals surface area (Å²) >= 11 is 0. The molecule has 1 heterocycles. The molecule has 6 heteroatoms. The number of hydrogen-bond donors (Lipinski definition) is 1. The number of likely N-dealkylation sites (N-methyl/N-ethyl adjacent to an activating group) is 1. The van der Waals surface area contributed by atoms with Crippen LogP contribution in [0.1, 0.15) is 58.3 Å². The van der Waals surface area contributed by atoms with Gasteiger partial charge in [0, 0.05) is 19.1 Å². The van der Waals surface area contributed by atoms with Gasteiger partial charge in [-0.1, -0.05) is 19.8 Å². The van der Waals surface area contributed by atoms with Crippen LogP contribution in [0, 0.1) is 0 Å². The number of carboxylic acids is 1. The van der Waals surface area contributed by atoms with Crippen LogP contribution in [-0.4, -0.2) is 71.7 Å². The molecule has 1 aliphatic heterocycles. The van der Waals surface area contributed by atoms with Gasteiger partial charge in [-0.2, -0.15) is 0 Å². The Morgan fingerprint density at radius 2 is 1.88 bits per heavy atom. The second-order valence-corrected chi connectivity index (χ2v) is 7.16. The summed E-state index contributed by atoms with van der Waals surface area (Å²) in [6, 6.07) is 0.231. The van der Waals surface area contributed by atoms with E-state index in [-0.39, 0.29) is 30.7 Å². The second-order valence-electron chi connectivity index (χ2n) is 7.16. The smallest absolute Gasteiger partial charge is 0.317 e. The maximum Gasteiger partial charge on any atom is 0.317 e. The molecule has 0 radical (unpaired) electrons. The number of carbonyl (C=O) groups is 2. The van der Waals surface area contributed by atoms with Crippen molar-refractivity contribution in [1.29, 1.82) is 0 Å². The number of ether oxygens (including phenoxy) is 1. The van der Waals surface area contributed by atoms with Crippen molar-refractivity contribution in [3.05, 3.63) is 0 Å². The molecular formula is C18H32N2O4. The van der Waals surface area contributed by atoms with Crippen molar-refractivity contribution in [2.24, 2.45) is 0 Å². The minimum atomic E-state index is -0.800. The van der Waals surface area contributed by atoms with Gasteiger partial charge in [0.15, 0.2) is 0 Å². The normalized spacial score (nSPS) is 24.1. The molecule has 0 aromatic heterocycles. The Hall–Kier alpha value is -1.14. The van der Waals surface area contributed by atoms with Gasteiger partial charge in [-0.05, 0) is 45.6 Å². The van der Waals surface area contributed by atoms with Gasteiger partial charge in [-0.25, -0.2) is 0 Å². The maximum absolute atomic E-state index is 12.8. The lowest BCUT2D eigenvalue weighted by Gasteiger charge is -2.28.